The van der Waals surface area contributed by atoms with E-state index in [0.717, 1.165) is 68.3 Å². The predicted octanol–water partition coefficient (Wildman–Crippen LogP) is 2.55. The second-order valence-electron chi connectivity index (χ2n) is 7.80. The summed E-state index contributed by atoms with van der Waals surface area (Å²) in [6, 6.07) is 6.05. The minimum atomic E-state index is -0.454. The number of nitrogens with zero attached hydrogens (tertiary/aromatic N) is 3. The first-order valence-electron chi connectivity index (χ1n) is 10.4. The van der Waals surface area contributed by atoms with Gasteiger partial charge in [0.15, 0.2) is 11.6 Å². The number of hydrogen-bond acceptors (Lipinski definition) is 6. The number of nitrogens with two attached hydrogens (primary N) is 1. The molecule has 0 aliphatic carbocycles. The fraction of sp³-hybridized carbons (Fsp3) is 0.435. The molecule has 0 spiro atoms. The van der Waals surface area contributed by atoms with E-state index in [0.29, 0.717) is 13.1 Å². The van der Waals surface area contributed by atoms with Gasteiger partial charge in [-0.05, 0) is 29.2 Å². The van der Waals surface area contributed by atoms with E-state index < -0.39 is 5.82 Å². The lowest BCUT2D eigenvalue weighted by molar-refractivity contribution is 0.0340. The van der Waals surface area contributed by atoms with E-state index in [1.165, 1.54) is 24.4 Å². The molecule has 160 valence electrons. The van der Waals surface area contributed by atoms with Crippen molar-refractivity contribution in [3.8, 4) is 5.75 Å². The maximum atomic E-state index is 13.7. The van der Waals surface area contributed by atoms with Crippen LogP contribution in [0.15, 0.2) is 31.0 Å². The molecule has 2 N–H and O–H groups in total. The zero-order valence-electron chi connectivity index (χ0n) is 17.5. The standard InChI is InChI=1S/C23H29FN4O2/c1-16-21-10-17(12-25)9-18(14-27-5-7-30-8-6-27)20(21)3-4-28(16)15-19-11-23(29-2)22(24)13-26-19/h9-11,13H,1,3-8,12,14-15,25H2,2H3. The van der Waals surface area contributed by atoms with Crippen molar-refractivity contribution in [1.82, 2.24) is 14.8 Å². The Bertz CT molecular complexity index is 928. The van der Waals surface area contributed by atoms with Crippen molar-refractivity contribution >= 4 is 5.70 Å². The lowest BCUT2D eigenvalue weighted by Gasteiger charge is -2.35. The molecule has 0 atom stereocenters. The number of morpholine rings is 1. The summed E-state index contributed by atoms with van der Waals surface area (Å²) in [5.74, 6) is -0.245. The first-order chi connectivity index (χ1) is 14.6. The minimum Gasteiger partial charge on any atom is -0.494 e. The Morgan fingerprint density at radius 1 is 1.20 bits per heavy atom. The van der Waals surface area contributed by atoms with Gasteiger partial charge in [-0.1, -0.05) is 12.6 Å². The van der Waals surface area contributed by atoms with Crippen molar-refractivity contribution < 1.29 is 13.9 Å². The first kappa shape index (κ1) is 20.8. The SMILES string of the molecule is C=C1c2cc(CN)cc(CN3CCOCC3)c2CCN1Cc1cc(OC)c(F)cn1. The Morgan fingerprint density at radius 3 is 2.73 bits per heavy atom. The predicted molar refractivity (Wildman–Crippen MR) is 114 cm³/mol. The molecule has 0 saturated carbocycles. The second kappa shape index (κ2) is 9.12. The Balaban J connectivity index is 1.58. The highest BCUT2D eigenvalue weighted by Crippen LogP contribution is 2.33. The highest BCUT2D eigenvalue weighted by Gasteiger charge is 2.24. The van der Waals surface area contributed by atoms with Crippen LogP contribution in [0, 0.1) is 5.82 Å². The maximum absolute atomic E-state index is 13.7. The Labute approximate surface area is 177 Å². The summed E-state index contributed by atoms with van der Waals surface area (Å²) >= 11 is 0. The third kappa shape index (κ3) is 4.33. The van der Waals surface area contributed by atoms with Crippen molar-refractivity contribution in [3.63, 3.8) is 0 Å². The van der Waals surface area contributed by atoms with Gasteiger partial charge in [0.05, 0.1) is 38.8 Å². The summed E-state index contributed by atoms with van der Waals surface area (Å²) in [7, 11) is 1.46. The van der Waals surface area contributed by atoms with Crippen molar-refractivity contribution in [2.24, 2.45) is 5.73 Å². The summed E-state index contributed by atoms with van der Waals surface area (Å²) in [6.07, 6.45) is 2.14. The van der Waals surface area contributed by atoms with Crippen LogP contribution in [0.3, 0.4) is 0 Å². The molecule has 0 amide bonds. The topological polar surface area (TPSA) is 63.8 Å². The van der Waals surface area contributed by atoms with Crippen LogP contribution < -0.4 is 10.5 Å². The molecular formula is C23H29FN4O2. The van der Waals surface area contributed by atoms with Crippen molar-refractivity contribution in [2.75, 3.05) is 40.0 Å². The van der Waals surface area contributed by atoms with Crippen LogP contribution >= 0.6 is 0 Å². The Hall–Kier alpha value is -2.48. The number of methoxy groups -OCH3 is 1. The second-order valence-corrected chi connectivity index (χ2v) is 7.80. The molecule has 3 heterocycles. The fourth-order valence-corrected chi connectivity index (χ4v) is 4.24. The van der Waals surface area contributed by atoms with E-state index in [4.69, 9.17) is 15.2 Å². The Kier molecular flexibility index (Phi) is 6.32. The molecule has 2 aliphatic rings. The molecule has 0 radical (unpaired) electrons. The van der Waals surface area contributed by atoms with E-state index in [1.54, 1.807) is 6.07 Å². The molecule has 2 aromatic rings. The van der Waals surface area contributed by atoms with E-state index in [-0.39, 0.29) is 5.75 Å². The maximum Gasteiger partial charge on any atom is 0.183 e. The summed E-state index contributed by atoms with van der Waals surface area (Å²) in [5, 5.41) is 0. The number of rotatable bonds is 6. The van der Waals surface area contributed by atoms with Gasteiger partial charge in [-0.25, -0.2) is 4.39 Å². The van der Waals surface area contributed by atoms with Crippen molar-refractivity contribution in [1.29, 1.82) is 0 Å². The van der Waals surface area contributed by atoms with Gasteiger partial charge in [0.2, 0.25) is 0 Å². The van der Waals surface area contributed by atoms with Gasteiger partial charge in [-0.15, -0.1) is 0 Å². The van der Waals surface area contributed by atoms with E-state index >= 15 is 0 Å². The van der Waals surface area contributed by atoms with Crippen molar-refractivity contribution in [2.45, 2.75) is 26.1 Å². The van der Waals surface area contributed by atoms with E-state index in [9.17, 15) is 4.39 Å². The molecular weight excluding hydrogens is 383 g/mol. The molecule has 30 heavy (non-hydrogen) atoms. The highest BCUT2D eigenvalue weighted by atomic mass is 19.1. The largest absolute Gasteiger partial charge is 0.494 e. The van der Waals surface area contributed by atoms with Crippen LogP contribution in [-0.2, 0) is 30.8 Å². The first-order valence-corrected chi connectivity index (χ1v) is 10.4. The van der Waals surface area contributed by atoms with Crippen LogP contribution in [0.2, 0.25) is 0 Å². The lowest BCUT2D eigenvalue weighted by Crippen LogP contribution is -2.36. The number of hydrogen-bond donors (Lipinski definition) is 1. The lowest BCUT2D eigenvalue weighted by atomic mass is 9.89. The number of aromatic nitrogens is 1. The van der Waals surface area contributed by atoms with Crippen LogP contribution in [0.1, 0.15) is 27.9 Å². The zero-order chi connectivity index (χ0) is 21.1. The van der Waals surface area contributed by atoms with Gasteiger partial charge < -0.3 is 20.1 Å². The quantitative estimate of drug-likeness (QED) is 0.787. The molecule has 0 unspecified atom stereocenters. The number of halogens is 1. The third-order valence-corrected chi connectivity index (χ3v) is 5.91. The van der Waals surface area contributed by atoms with Crippen LogP contribution in [-0.4, -0.2) is 54.7 Å². The minimum absolute atomic E-state index is 0.209. The summed E-state index contributed by atoms with van der Waals surface area (Å²) in [6.45, 7) is 10.6. The summed E-state index contributed by atoms with van der Waals surface area (Å²) in [5.41, 5.74) is 12.7. The smallest absolute Gasteiger partial charge is 0.183 e. The summed E-state index contributed by atoms with van der Waals surface area (Å²) in [4.78, 5) is 8.85. The molecule has 1 fully saturated rings. The monoisotopic (exact) mass is 412 g/mol. The molecule has 6 nitrogen and oxygen atoms in total. The zero-order valence-corrected chi connectivity index (χ0v) is 17.5. The molecule has 1 aromatic carbocycles. The van der Waals surface area contributed by atoms with Gasteiger partial charge in [0.25, 0.3) is 0 Å². The number of ether oxygens (including phenoxy) is 2. The Morgan fingerprint density at radius 2 is 2.00 bits per heavy atom. The number of pyridine rings is 1. The summed E-state index contributed by atoms with van der Waals surface area (Å²) < 4.78 is 24.3. The molecule has 1 saturated heterocycles. The molecule has 4 rings (SSSR count). The highest BCUT2D eigenvalue weighted by molar-refractivity contribution is 5.69. The normalized spacial score (nSPS) is 17.2. The average Bonchev–Trinajstić information content (AvgIpc) is 2.77. The van der Waals surface area contributed by atoms with Crippen LogP contribution in [0.4, 0.5) is 4.39 Å². The van der Waals surface area contributed by atoms with Gasteiger partial charge in [-0.2, -0.15) is 0 Å². The van der Waals surface area contributed by atoms with Gasteiger partial charge in [-0.3, -0.25) is 9.88 Å². The average molecular weight is 413 g/mol. The molecule has 0 bridgehead atoms. The van der Waals surface area contributed by atoms with E-state index in [2.05, 4.69) is 33.5 Å². The van der Waals surface area contributed by atoms with Crippen molar-refractivity contribution in [3.05, 3.63) is 64.7 Å². The van der Waals surface area contributed by atoms with E-state index in [1.807, 2.05) is 0 Å². The third-order valence-electron chi connectivity index (χ3n) is 5.91. The molecule has 1 aromatic heterocycles. The van der Waals surface area contributed by atoms with Gasteiger partial charge in [0, 0.05) is 50.1 Å². The van der Waals surface area contributed by atoms with Gasteiger partial charge >= 0.3 is 0 Å². The number of fused-ring (bicyclic) bond motifs is 1. The number of benzene rings is 1. The molecule has 7 heteroatoms. The fourth-order valence-electron chi connectivity index (χ4n) is 4.24. The van der Waals surface area contributed by atoms with Crippen LogP contribution in [0.25, 0.3) is 5.70 Å². The molecule has 2 aliphatic heterocycles. The van der Waals surface area contributed by atoms with Crippen LogP contribution in [0.5, 0.6) is 5.75 Å². The van der Waals surface area contributed by atoms with Gasteiger partial charge in [0.1, 0.15) is 0 Å².